The predicted octanol–water partition coefficient (Wildman–Crippen LogP) is 5.55. The number of benzene rings is 2. The molecule has 0 aromatic heterocycles. The molecule has 0 radical (unpaired) electrons. The minimum Gasteiger partial charge on any atom is -0.490 e. The number of rotatable bonds is 7. The fourth-order valence-electron chi connectivity index (χ4n) is 2.88. The zero-order valence-electron chi connectivity index (χ0n) is 16.0. The highest BCUT2D eigenvalue weighted by Crippen LogP contribution is 2.26. The molecule has 0 aliphatic heterocycles. The molecule has 0 bridgehead atoms. The molecule has 0 aliphatic carbocycles. The van der Waals surface area contributed by atoms with E-state index in [0.29, 0.717) is 17.6 Å². The molecule has 0 heterocycles. The van der Waals surface area contributed by atoms with Gasteiger partial charge >= 0.3 is 0 Å². The number of anilines is 1. The third-order valence-corrected chi connectivity index (χ3v) is 4.41. The van der Waals surface area contributed by atoms with Crippen molar-refractivity contribution in [3.05, 3.63) is 71.8 Å². The molecule has 0 saturated carbocycles. The van der Waals surface area contributed by atoms with Gasteiger partial charge in [0.15, 0.2) is 5.11 Å². The second-order valence-electron chi connectivity index (χ2n) is 6.80. The van der Waals surface area contributed by atoms with Crippen molar-refractivity contribution in [3.8, 4) is 5.75 Å². The molecule has 138 valence electrons. The lowest BCUT2D eigenvalue weighted by atomic mass is 9.92. The van der Waals surface area contributed by atoms with Gasteiger partial charge in [-0.15, -0.1) is 0 Å². The SMILES string of the molecule is C=CCOc1ccc(NC(=S)NC(c2ccc(C)cc2C)C(C)C)cc1. The quantitative estimate of drug-likeness (QED) is 0.496. The van der Waals surface area contributed by atoms with Crippen molar-refractivity contribution in [1.82, 2.24) is 5.32 Å². The van der Waals surface area contributed by atoms with Crippen LogP contribution in [0.1, 0.15) is 36.6 Å². The van der Waals surface area contributed by atoms with Gasteiger partial charge < -0.3 is 15.4 Å². The van der Waals surface area contributed by atoms with Gasteiger partial charge in [0.2, 0.25) is 0 Å². The van der Waals surface area contributed by atoms with Crippen molar-refractivity contribution in [3.63, 3.8) is 0 Å². The first-order valence-electron chi connectivity index (χ1n) is 8.89. The number of aryl methyl sites for hydroxylation is 2. The fraction of sp³-hybridized carbons (Fsp3) is 0.318. The van der Waals surface area contributed by atoms with Crippen molar-refractivity contribution in [1.29, 1.82) is 0 Å². The molecule has 0 amide bonds. The Bertz CT molecular complexity index is 753. The maximum absolute atomic E-state index is 5.54. The van der Waals surface area contributed by atoms with Crippen molar-refractivity contribution in [2.24, 2.45) is 5.92 Å². The second kappa shape index (κ2) is 9.39. The average molecular weight is 369 g/mol. The predicted molar refractivity (Wildman–Crippen MR) is 115 cm³/mol. The van der Waals surface area contributed by atoms with Crippen LogP contribution in [0.2, 0.25) is 0 Å². The molecule has 1 unspecified atom stereocenters. The summed E-state index contributed by atoms with van der Waals surface area (Å²) in [5.41, 5.74) is 4.76. The molecule has 2 rings (SSSR count). The third kappa shape index (κ3) is 5.60. The minimum absolute atomic E-state index is 0.158. The summed E-state index contributed by atoms with van der Waals surface area (Å²) in [6.07, 6.45) is 1.73. The van der Waals surface area contributed by atoms with Gasteiger partial charge in [-0.05, 0) is 67.4 Å². The Balaban J connectivity index is 2.04. The Kier molecular flexibility index (Phi) is 7.22. The monoisotopic (exact) mass is 368 g/mol. The maximum Gasteiger partial charge on any atom is 0.171 e. The summed E-state index contributed by atoms with van der Waals surface area (Å²) in [6, 6.07) is 14.4. The van der Waals surface area contributed by atoms with Gasteiger partial charge in [-0.3, -0.25) is 0 Å². The van der Waals surface area contributed by atoms with Crippen LogP contribution in [-0.2, 0) is 0 Å². The van der Waals surface area contributed by atoms with E-state index < -0.39 is 0 Å². The molecule has 0 fully saturated rings. The number of thiocarbonyl (C=S) groups is 1. The molecule has 4 heteroatoms. The molecule has 26 heavy (non-hydrogen) atoms. The van der Waals surface area contributed by atoms with Gasteiger partial charge in [0.1, 0.15) is 12.4 Å². The molecule has 0 spiro atoms. The lowest BCUT2D eigenvalue weighted by molar-refractivity contribution is 0.363. The average Bonchev–Trinajstić information content (AvgIpc) is 2.59. The highest BCUT2D eigenvalue weighted by atomic mass is 32.1. The molecular weight excluding hydrogens is 340 g/mol. The first-order valence-corrected chi connectivity index (χ1v) is 9.30. The van der Waals surface area contributed by atoms with Crippen LogP contribution in [0.15, 0.2) is 55.1 Å². The van der Waals surface area contributed by atoms with Crippen molar-refractivity contribution < 1.29 is 4.74 Å². The number of nitrogens with one attached hydrogen (secondary N) is 2. The summed E-state index contributed by atoms with van der Waals surface area (Å²) >= 11 is 5.54. The van der Waals surface area contributed by atoms with E-state index in [1.165, 1.54) is 16.7 Å². The topological polar surface area (TPSA) is 33.3 Å². The summed E-state index contributed by atoms with van der Waals surface area (Å²) in [7, 11) is 0. The highest BCUT2D eigenvalue weighted by molar-refractivity contribution is 7.80. The van der Waals surface area contributed by atoms with E-state index in [9.17, 15) is 0 Å². The summed E-state index contributed by atoms with van der Waals surface area (Å²) < 4.78 is 5.50. The zero-order valence-corrected chi connectivity index (χ0v) is 16.8. The van der Waals surface area contributed by atoms with Crippen molar-refractivity contribution >= 4 is 23.0 Å². The lowest BCUT2D eigenvalue weighted by Gasteiger charge is -2.26. The normalized spacial score (nSPS) is 11.7. The Morgan fingerprint density at radius 1 is 1.15 bits per heavy atom. The molecule has 0 aliphatic rings. The maximum atomic E-state index is 5.54. The molecule has 2 aromatic carbocycles. The van der Waals surface area contributed by atoms with Crippen LogP contribution in [0, 0.1) is 19.8 Å². The van der Waals surface area contributed by atoms with Gasteiger partial charge in [-0.1, -0.05) is 50.3 Å². The second-order valence-corrected chi connectivity index (χ2v) is 7.21. The Morgan fingerprint density at radius 2 is 1.85 bits per heavy atom. The van der Waals surface area contributed by atoms with Gasteiger partial charge in [0.25, 0.3) is 0 Å². The van der Waals surface area contributed by atoms with E-state index >= 15 is 0 Å². The highest BCUT2D eigenvalue weighted by Gasteiger charge is 2.18. The first kappa shape index (κ1) is 20.0. The minimum atomic E-state index is 0.158. The van der Waals surface area contributed by atoms with Crippen molar-refractivity contribution in [2.45, 2.75) is 33.7 Å². The van der Waals surface area contributed by atoms with Crippen LogP contribution in [0.25, 0.3) is 0 Å². The summed E-state index contributed by atoms with van der Waals surface area (Å²) in [5, 5.41) is 7.34. The summed E-state index contributed by atoms with van der Waals surface area (Å²) in [6.45, 7) is 12.8. The molecular formula is C22H28N2OS. The van der Waals surface area contributed by atoms with Crippen LogP contribution in [0.4, 0.5) is 5.69 Å². The van der Waals surface area contributed by atoms with E-state index in [1.807, 2.05) is 24.3 Å². The molecule has 0 saturated heterocycles. The van der Waals surface area contributed by atoms with Gasteiger partial charge in [0, 0.05) is 5.69 Å². The van der Waals surface area contributed by atoms with E-state index in [4.69, 9.17) is 17.0 Å². The van der Waals surface area contributed by atoms with E-state index in [2.05, 4.69) is 63.1 Å². The van der Waals surface area contributed by atoms with Gasteiger partial charge in [0.05, 0.1) is 6.04 Å². The fourth-order valence-corrected chi connectivity index (χ4v) is 3.12. The molecule has 3 nitrogen and oxygen atoms in total. The third-order valence-electron chi connectivity index (χ3n) is 4.19. The molecule has 1 atom stereocenters. The smallest absolute Gasteiger partial charge is 0.171 e. The Labute approximate surface area is 162 Å². The van der Waals surface area contributed by atoms with Crippen LogP contribution in [-0.4, -0.2) is 11.7 Å². The number of hydrogen-bond acceptors (Lipinski definition) is 2. The largest absolute Gasteiger partial charge is 0.490 e. The molecule has 2 aromatic rings. The van der Waals surface area contributed by atoms with Gasteiger partial charge in [-0.25, -0.2) is 0 Å². The first-order chi connectivity index (χ1) is 12.4. The summed E-state index contributed by atoms with van der Waals surface area (Å²) in [5.74, 6) is 1.22. The zero-order chi connectivity index (χ0) is 19.1. The van der Waals surface area contributed by atoms with E-state index in [-0.39, 0.29) is 6.04 Å². The van der Waals surface area contributed by atoms with Gasteiger partial charge in [-0.2, -0.15) is 0 Å². The van der Waals surface area contributed by atoms with Crippen LogP contribution in [0.3, 0.4) is 0 Å². The Hall–Kier alpha value is -2.33. The molecule has 2 N–H and O–H groups in total. The van der Waals surface area contributed by atoms with E-state index in [1.54, 1.807) is 6.08 Å². The number of hydrogen-bond donors (Lipinski definition) is 2. The van der Waals surface area contributed by atoms with Crippen LogP contribution < -0.4 is 15.4 Å². The van der Waals surface area contributed by atoms with E-state index in [0.717, 1.165) is 11.4 Å². The van der Waals surface area contributed by atoms with Crippen molar-refractivity contribution in [2.75, 3.05) is 11.9 Å². The Morgan fingerprint density at radius 3 is 2.42 bits per heavy atom. The lowest BCUT2D eigenvalue weighted by Crippen LogP contribution is -2.35. The van der Waals surface area contributed by atoms with Crippen LogP contribution >= 0.6 is 12.2 Å². The standard InChI is InChI=1S/C22H28N2OS/c1-6-13-25-19-10-8-18(9-11-19)23-22(26)24-21(15(2)3)20-12-7-16(4)14-17(20)5/h6-12,14-15,21H,1,13H2,2-5H3,(H2,23,24,26). The van der Waals surface area contributed by atoms with Crippen LogP contribution in [0.5, 0.6) is 5.75 Å². The number of ether oxygens (including phenoxy) is 1. The summed E-state index contributed by atoms with van der Waals surface area (Å²) in [4.78, 5) is 0.